The zero-order chi connectivity index (χ0) is 17.4. The Morgan fingerprint density at radius 1 is 1.20 bits per heavy atom. The predicted octanol–water partition coefficient (Wildman–Crippen LogP) is 2.98. The van der Waals surface area contributed by atoms with Crippen LogP contribution in [0.3, 0.4) is 0 Å². The number of nitrogens with zero attached hydrogens (tertiary/aromatic N) is 2. The average Bonchev–Trinajstić information content (AvgIpc) is 2.85. The summed E-state index contributed by atoms with van der Waals surface area (Å²) < 4.78 is 5.22. The lowest BCUT2D eigenvalue weighted by Crippen LogP contribution is -2.49. The van der Waals surface area contributed by atoms with Gasteiger partial charge in [-0.05, 0) is 49.7 Å². The van der Waals surface area contributed by atoms with Gasteiger partial charge in [-0.15, -0.1) is 0 Å². The van der Waals surface area contributed by atoms with Gasteiger partial charge in [0.15, 0.2) is 0 Å². The van der Waals surface area contributed by atoms with E-state index >= 15 is 0 Å². The van der Waals surface area contributed by atoms with Crippen molar-refractivity contribution in [1.29, 1.82) is 0 Å². The Bertz CT molecular complexity index is 801. The molecule has 5 nitrogen and oxygen atoms in total. The monoisotopic (exact) mass is 357 g/mol. The molecule has 2 aliphatic heterocycles. The van der Waals surface area contributed by atoms with Crippen LogP contribution in [0.25, 0.3) is 0 Å². The normalized spacial score (nSPS) is 18.5. The van der Waals surface area contributed by atoms with Crippen LogP contribution in [0.15, 0.2) is 36.4 Å². The third kappa shape index (κ3) is 2.68. The molecule has 1 fully saturated rings. The summed E-state index contributed by atoms with van der Waals surface area (Å²) in [6, 6.07) is 11.6. The Hall–Kier alpha value is -2.11. The van der Waals surface area contributed by atoms with Crippen molar-refractivity contribution in [2.24, 2.45) is 0 Å². The molecular formula is C19H20ClN3O2. The minimum Gasteiger partial charge on any atom is -0.497 e. The van der Waals surface area contributed by atoms with Crippen LogP contribution in [0.1, 0.15) is 34.5 Å². The Labute approximate surface area is 152 Å². The van der Waals surface area contributed by atoms with E-state index in [9.17, 15) is 4.79 Å². The van der Waals surface area contributed by atoms with Crippen LogP contribution in [-0.4, -0.2) is 36.0 Å². The van der Waals surface area contributed by atoms with Crippen LogP contribution in [0.5, 0.6) is 5.75 Å². The van der Waals surface area contributed by atoms with E-state index in [1.54, 1.807) is 13.2 Å². The number of carbonyl (C=O) groups excluding carboxylic acids is 1. The number of amides is 1. The van der Waals surface area contributed by atoms with Gasteiger partial charge in [0, 0.05) is 12.1 Å². The molecule has 1 N–H and O–H groups in total. The lowest BCUT2D eigenvalue weighted by atomic mass is 9.82. The minimum atomic E-state index is -0.296. The van der Waals surface area contributed by atoms with E-state index in [2.05, 4.69) is 10.3 Å². The lowest BCUT2D eigenvalue weighted by molar-refractivity contribution is 0.0411. The molecule has 0 aliphatic carbocycles. The number of aromatic nitrogens is 1. The van der Waals surface area contributed by atoms with Gasteiger partial charge < -0.3 is 15.0 Å². The van der Waals surface area contributed by atoms with Gasteiger partial charge >= 0.3 is 0 Å². The zero-order valence-electron chi connectivity index (χ0n) is 14.1. The van der Waals surface area contributed by atoms with Crippen molar-refractivity contribution < 1.29 is 9.53 Å². The third-order valence-corrected chi connectivity index (χ3v) is 5.47. The highest BCUT2D eigenvalue weighted by Gasteiger charge is 2.50. The summed E-state index contributed by atoms with van der Waals surface area (Å²) in [5, 5.41) is 3.75. The molecule has 1 aromatic heterocycles. The number of piperidine rings is 1. The molecule has 3 heterocycles. The Morgan fingerprint density at radius 2 is 1.92 bits per heavy atom. The fourth-order valence-corrected chi connectivity index (χ4v) is 4.11. The van der Waals surface area contributed by atoms with Gasteiger partial charge in [0.05, 0.1) is 12.6 Å². The molecule has 1 amide bonds. The maximum absolute atomic E-state index is 13.1. The first kappa shape index (κ1) is 16.4. The van der Waals surface area contributed by atoms with Gasteiger partial charge in [0.1, 0.15) is 16.6 Å². The Balaban J connectivity index is 1.73. The van der Waals surface area contributed by atoms with E-state index in [1.807, 2.05) is 35.2 Å². The molecule has 6 heteroatoms. The topological polar surface area (TPSA) is 54.5 Å². The summed E-state index contributed by atoms with van der Waals surface area (Å²) in [7, 11) is 1.65. The highest BCUT2D eigenvalue weighted by atomic mass is 35.5. The number of nitrogens with one attached hydrogen (secondary N) is 1. The number of pyridine rings is 1. The Morgan fingerprint density at radius 3 is 2.60 bits per heavy atom. The van der Waals surface area contributed by atoms with E-state index in [4.69, 9.17) is 16.3 Å². The van der Waals surface area contributed by atoms with E-state index in [1.165, 1.54) is 0 Å². The number of hydrogen-bond acceptors (Lipinski definition) is 4. The molecule has 0 atom stereocenters. The second-order valence-electron chi connectivity index (χ2n) is 6.55. The maximum Gasteiger partial charge on any atom is 0.273 e. The van der Waals surface area contributed by atoms with E-state index in [0.717, 1.165) is 42.8 Å². The number of rotatable bonds is 3. The number of benzene rings is 1. The third-order valence-electron chi connectivity index (χ3n) is 5.26. The fraction of sp³-hybridized carbons (Fsp3) is 0.368. The van der Waals surface area contributed by atoms with Gasteiger partial charge in [-0.3, -0.25) is 4.79 Å². The molecule has 25 heavy (non-hydrogen) atoms. The van der Waals surface area contributed by atoms with Crippen molar-refractivity contribution in [2.45, 2.75) is 24.9 Å². The van der Waals surface area contributed by atoms with Crippen LogP contribution < -0.4 is 10.1 Å². The quantitative estimate of drug-likeness (QED) is 0.858. The molecule has 0 bridgehead atoms. The SMILES string of the molecule is COc1ccc(CN2C(=O)c3nc(Cl)ccc3C23CCNCC3)cc1. The van der Waals surface area contributed by atoms with Gasteiger partial charge in [-0.1, -0.05) is 29.8 Å². The first-order valence-corrected chi connectivity index (χ1v) is 8.84. The zero-order valence-corrected chi connectivity index (χ0v) is 14.8. The van der Waals surface area contributed by atoms with Crippen LogP contribution >= 0.6 is 11.6 Å². The minimum absolute atomic E-state index is 0.0322. The summed E-state index contributed by atoms with van der Waals surface area (Å²) in [5.74, 6) is 0.778. The predicted molar refractivity (Wildman–Crippen MR) is 95.9 cm³/mol. The fourth-order valence-electron chi connectivity index (χ4n) is 3.96. The van der Waals surface area contributed by atoms with Crippen molar-refractivity contribution >= 4 is 17.5 Å². The van der Waals surface area contributed by atoms with Crippen molar-refractivity contribution in [2.75, 3.05) is 20.2 Å². The largest absolute Gasteiger partial charge is 0.497 e. The molecule has 0 radical (unpaired) electrons. The first-order chi connectivity index (χ1) is 12.1. The number of ether oxygens (including phenoxy) is 1. The molecule has 0 saturated carbocycles. The number of hydrogen-bond donors (Lipinski definition) is 1. The van der Waals surface area contributed by atoms with E-state index in [-0.39, 0.29) is 11.4 Å². The second kappa shape index (κ2) is 6.32. The summed E-state index contributed by atoms with van der Waals surface area (Å²) in [6.07, 6.45) is 1.76. The molecule has 2 aliphatic rings. The summed E-state index contributed by atoms with van der Waals surface area (Å²) in [6.45, 7) is 2.32. The second-order valence-corrected chi connectivity index (χ2v) is 6.94. The molecule has 130 valence electrons. The molecule has 2 aromatic rings. The number of halogens is 1. The first-order valence-electron chi connectivity index (χ1n) is 8.47. The maximum atomic E-state index is 13.1. The van der Waals surface area contributed by atoms with Crippen molar-refractivity contribution in [3.05, 3.63) is 58.4 Å². The van der Waals surface area contributed by atoms with Crippen LogP contribution in [0.2, 0.25) is 5.15 Å². The van der Waals surface area contributed by atoms with Gasteiger partial charge in [-0.2, -0.15) is 0 Å². The summed E-state index contributed by atoms with van der Waals surface area (Å²) in [4.78, 5) is 19.4. The average molecular weight is 358 g/mol. The molecule has 1 spiro atoms. The number of carbonyl (C=O) groups is 1. The highest BCUT2D eigenvalue weighted by Crippen LogP contribution is 2.45. The highest BCUT2D eigenvalue weighted by molar-refractivity contribution is 6.29. The molecule has 4 rings (SSSR count). The molecule has 1 saturated heterocycles. The number of methoxy groups -OCH3 is 1. The smallest absolute Gasteiger partial charge is 0.273 e. The summed E-state index contributed by atoms with van der Waals surface area (Å²) >= 11 is 6.05. The van der Waals surface area contributed by atoms with Crippen LogP contribution in [0, 0.1) is 0 Å². The van der Waals surface area contributed by atoms with Gasteiger partial charge in [0.2, 0.25) is 0 Å². The van der Waals surface area contributed by atoms with Gasteiger partial charge in [-0.25, -0.2) is 4.98 Å². The lowest BCUT2D eigenvalue weighted by Gasteiger charge is -2.42. The van der Waals surface area contributed by atoms with Crippen molar-refractivity contribution in [3.8, 4) is 5.75 Å². The molecule has 1 aromatic carbocycles. The standard InChI is InChI=1S/C19H20ClN3O2/c1-25-14-4-2-13(3-5-14)12-23-18(24)17-15(6-7-16(20)22-17)19(23)8-10-21-11-9-19/h2-7,21H,8-12H2,1H3. The van der Waals surface area contributed by atoms with Crippen molar-refractivity contribution in [1.82, 2.24) is 15.2 Å². The van der Waals surface area contributed by atoms with Crippen LogP contribution in [-0.2, 0) is 12.1 Å². The molecule has 0 unspecified atom stereocenters. The van der Waals surface area contributed by atoms with E-state index < -0.39 is 0 Å². The summed E-state index contributed by atoms with van der Waals surface area (Å²) in [5.41, 5.74) is 2.29. The number of fused-ring (bicyclic) bond motifs is 2. The van der Waals surface area contributed by atoms with Gasteiger partial charge in [0.25, 0.3) is 5.91 Å². The molecular weight excluding hydrogens is 338 g/mol. The van der Waals surface area contributed by atoms with Crippen LogP contribution in [0.4, 0.5) is 0 Å². The van der Waals surface area contributed by atoms with Crippen molar-refractivity contribution in [3.63, 3.8) is 0 Å². The van der Waals surface area contributed by atoms with E-state index in [0.29, 0.717) is 17.4 Å². The Kier molecular flexibility index (Phi) is 4.13.